The highest BCUT2D eigenvalue weighted by Crippen LogP contribution is 2.19. The summed E-state index contributed by atoms with van der Waals surface area (Å²) in [5.74, 6) is -0.840. The predicted octanol–water partition coefficient (Wildman–Crippen LogP) is 26.1. The number of hydrogen-bond donors (Lipinski definition) is 0. The Kier molecular flexibility index (Phi) is 70.5. The quantitative estimate of drug-likeness (QED) is 0.0261. The van der Waals surface area contributed by atoms with Crippen LogP contribution in [0.15, 0.2) is 24.3 Å². The molecular formula is C77H146O6. The molecule has 0 aliphatic rings. The maximum absolute atomic E-state index is 13.0. The first-order chi connectivity index (χ1) is 41.0. The topological polar surface area (TPSA) is 78.9 Å². The number of rotatable bonds is 71. The van der Waals surface area contributed by atoms with Crippen molar-refractivity contribution in [2.24, 2.45) is 0 Å². The maximum Gasteiger partial charge on any atom is 0.306 e. The molecule has 0 aliphatic heterocycles. The number of ether oxygens (including phenoxy) is 3. The molecule has 0 fully saturated rings. The summed E-state index contributed by atoms with van der Waals surface area (Å²) in [6.45, 7) is 6.71. The van der Waals surface area contributed by atoms with Crippen LogP contribution in [-0.4, -0.2) is 37.2 Å². The molecule has 0 radical (unpaired) electrons. The summed E-state index contributed by atoms with van der Waals surface area (Å²) in [5, 5.41) is 0. The highest BCUT2D eigenvalue weighted by atomic mass is 16.6. The highest BCUT2D eigenvalue weighted by molar-refractivity contribution is 5.71. The van der Waals surface area contributed by atoms with Crippen molar-refractivity contribution in [2.45, 2.75) is 438 Å². The third kappa shape index (κ3) is 70.5. The van der Waals surface area contributed by atoms with E-state index < -0.39 is 6.10 Å². The normalized spacial score (nSPS) is 12.1. The van der Waals surface area contributed by atoms with Crippen molar-refractivity contribution in [1.82, 2.24) is 0 Å². The zero-order chi connectivity index (χ0) is 59.9. The lowest BCUT2D eigenvalue weighted by Gasteiger charge is -2.18. The van der Waals surface area contributed by atoms with E-state index in [-0.39, 0.29) is 31.1 Å². The zero-order valence-electron chi connectivity index (χ0n) is 56.5. The van der Waals surface area contributed by atoms with Gasteiger partial charge in [-0.2, -0.15) is 0 Å². The van der Waals surface area contributed by atoms with Gasteiger partial charge >= 0.3 is 17.9 Å². The fourth-order valence-corrected chi connectivity index (χ4v) is 11.7. The molecule has 0 saturated heterocycles. The minimum absolute atomic E-state index is 0.0670. The van der Waals surface area contributed by atoms with Crippen LogP contribution >= 0.6 is 0 Å². The van der Waals surface area contributed by atoms with E-state index in [1.165, 1.54) is 327 Å². The number of carbonyl (C=O) groups is 3. The van der Waals surface area contributed by atoms with Crippen molar-refractivity contribution in [3.63, 3.8) is 0 Å². The minimum Gasteiger partial charge on any atom is -0.462 e. The Bertz CT molecular complexity index is 1340. The molecular weight excluding hydrogens is 1020 g/mol. The molecule has 0 aromatic rings. The van der Waals surface area contributed by atoms with Crippen LogP contribution in [0.3, 0.4) is 0 Å². The van der Waals surface area contributed by atoms with Gasteiger partial charge < -0.3 is 14.2 Å². The van der Waals surface area contributed by atoms with Gasteiger partial charge in [-0.1, -0.05) is 366 Å². The van der Waals surface area contributed by atoms with Gasteiger partial charge in [0.2, 0.25) is 0 Å². The molecule has 0 amide bonds. The number of carbonyl (C=O) groups excluding carboxylic acids is 3. The summed E-state index contributed by atoms with van der Waals surface area (Å²) < 4.78 is 17.0. The van der Waals surface area contributed by atoms with Crippen molar-refractivity contribution < 1.29 is 28.6 Å². The number of unbranched alkanes of at least 4 members (excludes halogenated alkanes) is 56. The fraction of sp³-hybridized carbons (Fsp3) is 0.909. The molecule has 0 N–H and O–H groups in total. The first kappa shape index (κ1) is 80.9. The second-order valence-electron chi connectivity index (χ2n) is 25.9. The summed E-state index contributed by atoms with van der Waals surface area (Å²) >= 11 is 0. The molecule has 1 atom stereocenters. The smallest absolute Gasteiger partial charge is 0.306 e. The third-order valence-electron chi connectivity index (χ3n) is 17.4. The van der Waals surface area contributed by atoms with Crippen LogP contribution in [0.5, 0.6) is 0 Å². The lowest BCUT2D eigenvalue weighted by atomic mass is 10.0. The summed E-state index contributed by atoms with van der Waals surface area (Å²) in [6, 6.07) is 0. The molecule has 0 heterocycles. The molecule has 83 heavy (non-hydrogen) atoms. The van der Waals surface area contributed by atoms with E-state index in [2.05, 4.69) is 45.1 Å². The molecule has 0 rings (SSSR count). The van der Waals surface area contributed by atoms with E-state index in [1.54, 1.807) is 0 Å². The Balaban J connectivity index is 4.15. The van der Waals surface area contributed by atoms with E-state index in [0.29, 0.717) is 19.3 Å². The Hall–Kier alpha value is -2.11. The Labute approximate surface area is 519 Å². The molecule has 0 bridgehead atoms. The SMILES string of the molecule is CCCCCCC/C=C\CCCCCCCC(=O)OCC(COC(=O)CCCCCCCCCCCCCCCCCCCCC/C=C\CCCCCCCCCC)OC(=O)CCCCCCCCCCCCCCCCCCCCCC. The second-order valence-corrected chi connectivity index (χ2v) is 25.9. The van der Waals surface area contributed by atoms with E-state index in [4.69, 9.17) is 14.2 Å². The maximum atomic E-state index is 13.0. The van der Waals surface area contributed by atoms with Crippen LogP contribution in [-0.2, 0) is 28.6 Å². The number of hydrogen-bond acceptors (Lipinski definition) is 6. The van der Waals surface area contributed by atoms with Gasteiger partial charge in [-0.3, -0.25) is 14.4 Å². The predicted molar refractivity (Wildman–Crippen MR) is 363 cm³/mol. The fourth-order valence-electron chi connectivity index (χ4n) is 11.7. The molecule has 0 aliphatic carbocycles. The van der Waals surface area contributed by atoms with Crippen molar-refractivity contribution in [3.8, 4) is 0 Å². The Morgan fingerprint density at radius 2 is 0.398 bits per heavy atom. The van der Waals surface area contributed by atoms with Gasteiger partial charge in [-0.15, -0.1) is 0 Å². The highest BCUT2D eigenvalue weighted by Gasteiger charge is 2.20. The summed E-state index contributed by atoms with van der Waals surface area (Å²) in [4.78, 5) is 38.5. The van der Waals surface area contributed by atoms with Gasteiger partial charge in [0.05, 0.1) is 0 Å². The lowest BCUT2D eigenvalue weighted by molar-refractivity contribution is -0.167. The van der Waals surface area contributed by atoms with E-state index in [9.17, 15) is 14.4 Å². The van der Waals surface area contributed by atoms with Crippen LogP contribution < -0.4 is 0 Å². The number of allylic oxidation sites excluding steroid dienone is 4. The molecule has 6 nitrogen and oxygen atoms in total. The van der Waals surface area contributed by atoms with Gasteiger partial charge in [0.1, 0.15) is 13.2 Å². The molecule has 0 spiro atoms. The van der Waals surface area contributed by atoms with Gasteiger partial charge in [0.25, 0.3) is 0 Å². The van der Waals surface area contributed by atoms with Crippen LogP contribution in [0.2, 0.25) is 0 Å². The molecule has 0 aromatic heterocycles. The first-order valence-corrected chi connectivity index (χ1v) is 37.8. The Morgan fingerprint density at radius 1 is 0.229 bits per heavy atom. The Morgan fingerprint density at radius 3 is 0.602 bits per heavy atom. The summed E-state index contributed by atoms with van der Waals surface area (Å²) in [5.41, 5.74) is 0. The first-order valence-electron chi connectivity index (χ1n) is 37.8. The van der Waals surface area contributed by atoms with Crippen molar-refractivity contribution in [1.29, 1.82) is 0 Å². The molecule has 0 aromatic carbocycles. The van der Waals surface area contributed by atoms with E-state index >= 15 is 0 Å². The summed E-state index contributed by atoms with van der Waals surface area (Å²) in [6.07, 6.45) is 89.5. The molecule has 0 saturated carbocycles. The standard InChI is InChI=1S/C77H146O6/c1-4-7-10-13-16-19-22-25-28-30-32-34-35-36-37-38-39-40-41-42-43-44-46-47-49-52-55-58-61-64-67-70-76(79)82-73-74(72-81-75(78)69-66-63-60-57-54-51-27-24-21-18-15-12-9-6-3)83-77(80)71-68-65-62-59-56-53-50-48-45-33-31-29-26-23-20-17-14-11-8-5-2/h24,27,30,32,74H,4-23,25-26,28-29,31,33-73H2,1-3H3/b27-24-,32-30-. The van der Waals surface area contributed by atoms with Crippen LogP contribution in [0.4, 0.5) is 0 Å². The average molecular weight is 1170 g/mol. The van der Waals surface area contributed by atoms with Crippen molar-refractivity contribution >= 4 is 17.9 Å². The van der Waals surface area contributed by atoms with Crippen LogP contribution in [0.25, 0.3) is 0 Å². The largest absolute Gasteiger partial charge is 0.462 e. The monoisotopic (exact) mass is 1170 g/mol. The second kappa shape index (κ2) is 72.4. The van der Waals surface area contributed by atoms with Gasteiger partial charge in [-0.25, -0.2) is 0 Å². The van der Waals surface area contributed by atoms with Gasteiger partial charge in [0, 0.05) is 19.3 Å². The lowest BCUT2D eigenvalue weighted by Crippen LogP contribution is -2.30. The minimum atomic E-state index is -0.772. The summed E-state index contributed by atoms with van der Waals surface area (Å²) in [7, 11) is 0. The molecule has 1 unspecified atom stereocenters. The van der Waals surface area contributed by atoms with Gasteiger partial charge in [-0.05, 0) is 70.6 Å². The number of esters is 3. The van der Waals surface area contributed by atoms with E-state index in [0.717, 1.165) is 64.2 Å². The zero-order valence-corrected chi connectivity index (χ0v) is 56.5. The molecule has 6 heteroatoms. The third-order valence-corrected chi connectivity index (χ3v) is 17.4. The van der Waals surface area contributed by atoms with Crippen molar-refractivity contribution in [3.05, 3.63) is 24.3 Å². The van der Waals surface area contributed by atoms with E-state index in [1.807, 2.05) is 0 Å². The average Bonchev–Trinajstić information content (AvgIpc) is 3.50. The molecule has 490 valence electrons. The van der Waals surface area contributed by atoms with Crippen LogP contribution in [0.1, 0.15) is 432 Å². The van der Waals surface area contributed by atoms with Gasteiger partial charge in [0.15, 0.2) is 6.10 Å². The van der Waals surface area contributed by atoms with Crippen LogP contribution in [0, 0.1) is 0 Å². The van der Waals surface area contributed by atoms with Crippen molar-refractivity contribution in [2.75, 3.05) is 13.2 Å².